The number of hydrogen-bond donors (Lipinski definition) is 1. The minimum Gasteiger partial charge on any atom is -0.507 e. The van der Waals surface area contributed by atoms with Crippen molar-refractivity contribution < 1.29 is 18.6 Å². The number of benzene rings is 4. The second kappa shape index (κ2) is 18.8. The Balaban J connectivity index is 0.000000179. The van der Waals surface area contributed by atoms with Crippen molar-refractivity contribution in [2.24, 2.45) is 0 Å². The topological polar surface area (TPSA) is 68.2 Å². The number of nitrogens with zero attached hydrogens (tertiary/aromatic N) is 6. The van der Waals surface area contributed by atoms with Crippen LogP contribution in [0.2, 0.25) is 0 Å². The molecule has 2 aliphatic heterocycles. The van der Waals surface area contributed by atoms with Crippen LogP contribution in [0, 0.1) is 39.3 Å². The van der Waals surface area contributed by atoms with Crippen molar-refractivity contribution in [1.82, 2.24) is 19.8 Å². The van der Waals surface area contributed by atoms with Crippen LogP contribution in [0.4, 0.5) is 20.2 Å². The normalized spacial score (nSPS) is 14.8. The number of halogens is 2. The predicted octanol–water partition coefficient (Wildman–Crippen LogP) is 9.37. The highest BCUT2D eigenvalue weighted by Gasteiger charge is 2.21. The lowest BCUT2D eigenvalue weighted by Crippen LogP contribution is -2.46. The lowest BCUT2D eigenvalue weighted by molar-refractivity contribution is 0.249. The van der Waals surface area contributed by atoms with Crippen LogP contribution in [0.15, 0.2) is 110 Å². The third kappa shape index (κ3) is 10.4. The fourth-order valence-corrected chi connectivity index (χ4v) is 8.14. The molecule has 306 valence electrons. The van der Waals surface area contributed by atoms with Gasteiger partial charge in [-0.05, 0) is 133 Å². The number of aryl methyl sites for hydroxylation is 4. The monoisotopic (exact) mass is 796 g/mol. The highest BCUT2D eigenvalue weighted by Crippen LogP contribution is 2.31. The van der Waals surface area contributed by atoms with Crippen LogP contribution in [0.3, 0.4) is 0 Å². The molecule has 4 heterocycles. The van der Waals surface area contributed by atoms with Gasteiger partial charge in [-0.15, -0.1) is 0 Å². The fraction of sp³-hybridized carbons (Fsp3) is 0.306. The van der Waals surface area contributed by atoms with Crippen molar-refractivity contribution in [2.45, 2.75) is 40.8 Å². The molecule has 0 spiro atoms. The van der Waals surface area contributed by atoms with E-state index < -0.39 is 0 Å². The number of aromatic nitrogens is 2. The Hall–Kier alpha value is -5.84. The molecule has 0 unspecified atom stereocenters. The van der Waals surface area contributed by atoms with E-state index in [9.17, 15) is 13.9 Å². The lowest BCUT2D eigenvalue weighted by Gasteiger charge is -2.36. The molecule has 4 aromatic carbocycles. The van der Waals surface area contributed by atoms with Gasteiger partial charge in [-0.2, -0.15) is 0 Å². The van der Waals surface area contributed by atoms with E-state index in [1.165, 1.54) is 52.3 Å². The van der Waals surface area contributed by atoms with E-state index in [4.69, 9.17) is 4.74 Å². The molecule has 0 radical (unpaired) electrons. The highest BCUT2D eigenvalue weighted by atomic mass is 19.1. The number of piperazine rings is 2. The summed E-state index contributed by atoms with van der Waals surface area (Å²) in [5, 5.41) is 10.0. The summed E-state index contributed by atoms with van der Waals surface area (Å²) in [5.41, 5.74) is 13.0. The molecule has 59 heavy (non-hydrogen) atoms. The van der Waals surface area contributed by atoms with Crippen LogP contribution in [0.25, 0.3) is 22.3 Å². The Morgan fingerprint density at radius 1 is 0.508 bits per heavy atom. The quantitative estimate of drug-likeness (QED) is 0.155. The van der Waals surface area contributed by atoms with Crippen molar-refractivity contribution in [3.05, 3.63) is 155 Å². The lowest BCUT2D eigenvalue weighted by atomic mass is 10.1. The Morgan fingerprint density at radius 3 is 1.25 bits per heavy atom. The summed E-state index contributed by atoms with van der Waals surface area (Å²) in [6.07, 6.45) is 7.49. The molecule has 8 rings (SSSR count). The molecule has 10 heteroatoms. The second-order valence-electron chi connectivity index (χ2n) is 15.7. The maximum absolute atomic E-state index is 13.2. The maximum atomic E-state index is 13.2. The molecule has 0 atom stereocenters. The molecule has 0 bridgehead atoms. The van der Waals surface area contributed by atoms with Crippen LogP contribution in [-0.4, -0.2) is 84.3 Å². The SMILES string of the molecule is COc1c(C)cc(N2CCN(Cc3cncc(-c4ccc(F)cc4)c3)CC2)cc1C.Cc1cc(N2CCN(Cc3cncc(-c4ccc(F)cc4)c3)CC2)cc(C)c1O. The van der Waals surface area contributed by atoms with E-state index in [1.807, 2.05) is 38.6 Å². The van der Waals surface area contributed by atoms with Crippen LogP contribution >= 0.6 is 0 Å². The van der Waals surface area contributed by atoms with Gasteiger partial charge in [0.2, 0.25) is 0 Å². The number of hydrogen-bond acceptors (Lipinski definition) is 8. The van der Waals surface area contributed by atoms with Gasteiger partial charge in [-0.1, -0.05) is 24.3 Å². The summed E-state index contributed by atoms with van der Waals surface area (Å²) in [6.45, 7) is 17.7. The molecule has 2 aromatic heterocycles. The van der Waals surface area contributed by atoms with E-state index in [-0.39, 0.29) is 11.6 Å². The number of phenols is 1. The Morgan fingerprint density at radius 2 is 0.881 bits per heavy atom. The summed E-state index contributed by atoms with van der Waals surface area (Å²) >= 11 is 0. The van der Waals surface area contributed by atoms with E-state index in [1.54, 1.807) is 31.4 Å². The highest BCUT2D eigenvalue weighted by molar-refractivity contribution is 5.64. The Kier molecular flexibility index (Phi) is 13.2. The van der Waals surface area contributed by atoms with Crippen LogP contribution < -0.4 is 14.5 Å². The third-order valence-corrected chi connectivity index (χ3v) is 11.4. The summed E-state index contributed by atoms with van der Waals surface area (Å²) in [6, 6.07) is 26.0. The van der Waals surface area contributed by atoms with Crippen LogP contribution in [0.5, 0.6) is 11.5 Å². The van der Waals surface area contributed by atoms with Gasteiger partial charge in [0.15, 0.2) is 0 Å². The molecule has 1 N–H and O–H groups in total. The van der Waals surface area contributed by atoms with Gasteiger partial charge < -0.3 is 19.6 Å². The van der Waals surface area contributed by atoms with Crippen molar-refractivity contribution >= 4 is 11.4 Å². The molecule has 2 saturated heterocycles. The maximum Gasteiger partial charge on any atom is 0.124 e. The number of methoxy groups -OCH3 is 1. The van der Waals surface area contributed by atoms with Crippen molar-refractivity contribution in [3.63, 3.8) is 0 Å². The zero-order chi connectivity index (χ0) is 41.5. The molecule has 8 nitrogen and oxygen atoms in total. The average molecular weight is 797 g/mol. The Labute approximate surface area is 347 Å². The zero-order valence-electron chi connectivity index (χ0n) is 34.8. The summed E-state index contributed by atoms with van der Waals surface area (Å²) in [5.74, 6) is 0.921. The standard InChI is InChI=1S/C25H28FN3O.C24H26FN3O/c1-18-12-24(13-19(2)25(18)30-3)29-10-8-28(9-11-29)17-20-14-22(16-27-15-20)21-4-6-23(26)7-5-21;1-17-11-23(12-18(2)24(17)29)28-9-7-27(8-10-28)16-19-13-21(15-26-14-19)20-3-5-22(25)6-4-20/h4-7,12-16H,8-11,17H2,1-3H3;3-6,11-15,29H,7-10,16H2,1-2H3. The summed E-state index contributed by atoms with van der Waals surface area (Å²) < 4.78 is 31.9. The molecule has 0 amide bonds. The van der Waals surface area contributed by atoms with Crippen molar-refractivity contribution in [3.8, 4) is 33.8 Å². The first-order chi connectivity index (χ1) is 28.5. The average Bonchev–Trinajstić information content (AvgIpc) is 3.24. The first-order valence-electron chi connectivity index (χ1n) is 20.3. The number of aromatic hydroxyl groups is 1. The molecule has 2 fully saturated rings. The molecular weight excluding hydrogens is 743 g/mol. The van der Waals surface area contributed by atoms with E-state index >= 15 is 0 Å². The van der Waals surface area contributed by atoms with E-state index in [0.717, 1.165) is 110 Å². The van der Waals surface area contributed by atoms with Gasteiger partial charge >= 0.3 is 0 Å². The van der Waals surface area contributed by atoms with Gasteiger partial charge in [-0.3, -0.25) is 19.8 Å². The van der Waals surface area contributed by atoms with Gasteiger partial charge in [-0.25, -0.2) is 8.78 Å². The molecule has 0 saturated carbocycles. The van der Waals surface area contributed by atoms with Gasteiger partial charge in [0.25, 0.3) is 0 Å². The number of anilines is 2. The first-order valence-corrected chi connectivity index (χ1v) is 20.3. The molecular formula is C49H54F2N6O2. The third-order valence-electron chi connectivity index (χ3n) is 11.4. The summed E-state index contributed by atoms with van der Waals surface area (Å²) in [4.78, 5) is 18.5. The summed E-state index contributed by atoms with van der Waals surface area (Å²) in [7, 11) is 1.73. The van der Waals surface area contributed by atoms with Gasteiger partial charge in [0, 0.05) is 113 Å². The first kappa shape index (κ1) is 41.3. The zero-order valence-corrected chi connectivity index (χ0v) is 34.8. The largest absolute Gasteiger partial charge is 0.507 e. The number of pyridine rings is 2. The molecule has 2 aliphatic rings. The molecule has 0 aliphatic carbocycles. The van der Waals surface area contributed by atoms with Crippen molar-refractivity contribution in [2.75, 3.05) is 69.3 Å². The minimum absolute atomic E-state index is 0.219. The van der Waals surface area contributed by atoms with Gasteiger partial charge in [0.05, 0.1) is 7.11 Å². The predicted molar refractivity (Wildman–Crippen MR) is 234 cm³/mol. The smallest absolute Gasteiger partial charge is 0.124 e. The number of rotatable bonds is 9. The van der Waals surface area contributed by atoms with E-state index in [2.05, 4.69) is 79.8 Å². The number of ether oxygens (including phenoxy) is 1. The molecule has 6 aromatic rings. The van der Waals surface area contributed by atoms with Crippen LogP contribution in [-0.2, 0) is 13.1 Å². The second-order valence-corrected chi connectivity index (χ2v) is 15.7. The van der Waals surface area contributed by atoms with Crippen molar-refractivity contribution in [1.29, 1.82) is 0 Å². The van der Waals surface area contributed by atoms with Gasteiger partial charge in [0.1, 0.15) is 23.1 Å². The van der Waals surface area contributed by atoms with Crippen LogP contribution in [0.1, 0.15) is 33.4 Å². The van der Waals surface area contributed by atoms with E-state index in [0.29, 0.717) is 5.75 Å². The minimum atomic E-state index is -0.227. The Bertz CT molecular complexity index is 2290. The fourth-order valence-electron chi connectivity index (χ4n) is 8.14. The number of phenolic OH excluding ortho intramolecular Hbond substituents is 1.